The lowest BCUT2D eigenvalue weighted by molar-refractivity contribution is 0.475. The van der Waals surface area contributed by atoms with Crippen LogP contribution in [0.3, 0.4) is 0 Å². The molecular formula is C17H19NO2S. The topological polar surface area (TPSA) is 46.2 Å². The van der Waals surface area contributed by atoms with Crippen LogP contribution in [0.2, 0.25) is 0 Å². The average molecular weight is 301 g/mol. The number of hydrogen-bond donors (Lipinski definition) is 1. The number of benzene rings is 2. The summed E-state index contributed by atoms with van der Waals surface area (Å²) in [6, 6.07) is 16.7. The summed E-state index contributed by atoms with van der Waals surface area (Å²) in [4.78, 5) is 0.412. The summed E-state index contributed by atoms with van der Waals surface area (Å²) in [6.07, 6.45) is 1.46. The summed E-state index contributed by atoms with van der Waals surface area (Å²) in [5.74, 6) is 0. The highest BCUT2D eigenvalue weighted by atomic mass is 32.2. The fraction of sp³-hybridized carbons (Fsp3) is 0.294. The minimum Gasteiger partial charge on any atom is -0.312 e. The molecule has 2 aromatic rings. The van der Waals surface area contributed by atoms with Gasteiger partial charge in [0.2, 0.25) is 0 Å². The molecule has 0 aliphatic heterocycles. The first-order valence-electron chi connectivity index (χ1n) is 7.18. The first-order valence-corrected chi connectivity index (χ1v) is 8.73. The minimum atomic E-state index is -3.33. The van der Waals surface area contributed by atoms with Crippen LogP contribution in [0.1, 0.15) is 23.6 Å². The zero-order valence-electron chi connectivity index (χ0n) is 12.0. The molecule has 0 heterocycles. The maximum Gasteiger partial charge on any atom is 0.183 e. The summed E-state index contributed by atoms with van der Waals surface area (Å²) in [6.45, 7) is 0. The molecule has 3 nitrogen and oxygen atoms in total. The van der Waals surface area contributed by atoms with E-state index in [9.17, 15) is 8.42 Å². The van der Waals surface area contributed by atoms with Gasteiger partial charge in [0.15, 0.2) is 9.84 Å². The van der Waals surface area contributed by atoms with Crippen LogP contribution in [0.25, 0.3) is 0 Å². The molecule has 3 rings (SSSR count). The summed E-state index contributed by atoms with van der Waals surface area (Å²) in [5, 5.41) is 2.79. The van der Waals surface area contributed by atoms with Gasteiger partial charge in [-0.2, -0.15) is 0 Å². The van der Waals surface area contributed by atoms with E-state index in [1.165, 1.54) is 5.56 Å². The van der Waals surface area contributed by atoms with Gasteiger partial charge in [0.1, 0.15) is 0 Å². The number of rotatable bonds is 3. The number of fused-ring (bicyclic) bond motifs is 1. The molecule has 21 heavy (non-hydrogen) atoms. The van der Waals surface area contributed by atoms with Crippen LogP contribution in [-0.4, -0.2) is 20.7 Å². The number of nitrogens with one attached hydrogen (secondary N) is 1. The predicted octanol–water partition coefficient (Wildman–Crippen LogP) is 2.74. The van der Waals surface area contributed by atoms with Crippen molar-refractivity contribution < 1.29 is 8.42 Å². The molecule has 2 unspecified atom stereocenters. The Balaban J connectivity index is 2.04. The standard InChI is InChI=1S/C17H19NO2S/c1-18-17-15-10-6-5-7-13(15)11-12-16(17)21(19,20)14-8-3-2-4-9-14/h2-10,16-18H,11-12H2,1H3. The second-order valence-corrected chi connectivity index (χ2v) is 7.57. The van der Waals surface area contributed by atoms with Crippen molar-refractivity contribution in [2.45, 2.75) is 29.0 Å². The van der Waals surface area contributed by atoms with Gasteiger partial charge in [0.05, 0.1) is 10.1 Å². The molecule has 0 spiro atoms. The summed E-state index contributed by atoms with van der Waals surface area (Å²) in [5.41, 5.74) is 2.35. The Bertz CT molecular complexity index is 725. The molecule has 2 aromatic carbocycles. The van der Waals surface area contributed by atoms with E-state index >= 15 is 0 Å². The lowest BCUT2D eigenvalue weighted by Crippen LogP contribution is -2.39. The molecule has 1 N–H and O–H groups in total. The summed E-state index contributed by atoms with van der Waals surface area (Å²) in [7, 11) is -1.49. The molecule has 0 radical (unpaired) electrons. The second-order valence-electron chi connectivity index (χ2n) is 5.40. The first kappa shape index (κ1) is 14.3. The Hall–Kier alpha value is -1.65. The third-order valence-corrected chi connectivity index (χ3v) is 6.48. The smallest absolute Gasteiger partial charge is 0.183 e. The molecule has 1 aliphatic carbocycles. The monoisotopic (exact) mass is 301 g/mol. The zero-order chi connectivity index (χ0) is 14.9. The lowest BCUT2D eigenvalue weighted by Gasteiger charge is -2.33. The van der Waals surface area contributed by atoms with E-state index in [-0.39, 0.29) is 6.04 Å². The molecule has 0 saturated carbocycles. The molecule has 2 atom stereocenters. The first-order chi connectivity index (χ1) is 10.1. The van der Waals surface area contributed by atoms with Gasteiger partial charge in [-0.3, -0.25) is 0 Å². The van der Waals surface area contributed by atoms with E-state index in [1.807, 2.05) is 31.3 Å². The molecule has 0 saturated heterocycles. The fourth-order valence-corrected chi connectivity index (χ4v) is 5.15. The highest BCUT2D eigenvalue weighted by Crippen LogP contribution is 2.36. The number of hydrogen-bond acceptors (Lipinski definition) is 3. The van der Waals surface area contributed by atoms with Gasteiger partial charge in [-0.15, -0.1) is 0 Å². The van der Waals surface area contributed by atoms with E-state index < -0.39 is 15.1 Å². The van der Waals surface area contributed by atoms with Crippen molar-refractivity contribution in [1.29, 1.82) is 0 Å². The van der Waals surface area contributed by atoms with Crippen molar-refractivity contribution in [2.24, 2.45) is 0 Å². The van der Waals surface area contributed by atoms with Gasteiger partial charge in [-0.25, -0.2) is 8.42 Å². The predicted molar refractivity (Wildman–Crippen MR) is 84.0 cm³/mol. The maximum absolute atomic E-state index is 12.9. The van der Waals surface area contributed by atoms with Gasteiger partial charge < -0.3 is 5.32 Å². The van der Waals surface area contributed by atoms with Crippen LogP contribution >= 0.6 is 0 Å². The van der Waals surface area contributed by atoms with E-state index in [1.54, 1.807) is 24.3 Å². The third-order valence-electron chi connectivity index (χ3n) is 4.24. The van der Waals surface area contributed by atoms with Gasteiger partial charge in [0.25, 0.3) is 0 Å². The van der Waals surface area contributed by atoms with Crippen molar-refractivity contribution in [3.05, 3.63) is 65.7 Å². The maximum atomic E-state index is 12.9. The van der Waals surface area contributed by atoms with Crippen LogP contribution < -0.4 is 5.32 Å². The average Bonchev–Trinajstić information content (AvgIpc) is 2.54. The third kappa shape index (κ3) is 2.49. The van der Waals surface area contributed by atoms with Crippen LogP contribution in [0.4, 0.5) is 0 Å². The number of aryl methyl sites for hydroxylation is 1. The minimum absolute atomic E-state index is 0.153. The second kappa shape index (κ2) is 5.62. The van der Waals surface area contributed by atoms with Crippen LogP contribution in [0.5, 0.6) is 0 Å². The highest BCUT2D eigenvalue weighted by molar-refractivity contribution is 7.92. The molecular weight excluding hydrogens is 282 g/mol. The summed E-state index contributed by atoms with van der Waals surface area (Å²) >= 11 is 0. The molecule has 0 amide bonds. The SMILES string of the molecule is CNC1c2ccccc2CCC1S(=O)(=O)c1ccccc1. The van der Waals surface area contributed by atoms with Crippen molar-refractivity contribution in [2.75, 3.05) is 7.05 Å². The molecule has 0 aromatic heterocycles. The normalized spacial score (nSPS) is 21.8. The van der Waals surface area contributed by atoms with Crippen molar-refractivity contribution in [1.82, 2.24) is 5.32 Å². The molecule has 0 bridgehead atoms. The highest BCUT2D eigenvalue weighted by Gasteiger charge is 2.38. The van der Waals surface area contributed by atoms with Crippen molar-refractivity contribution in [3.8, 4) is 0 Å². The Labute approximate surface area is 125 Å². The van der Waals surface area contributed by atoms with Gasteiger partial charge >= 0.3 is 0 Å². The van der Waals surface area contributed by atoms with Gasteiger partial charge in [0, 0.05) is 6.04 Å². The molecule has 4 heteroatoms. The fourth-order valence-electron chi connectivity index (χ4n) is 3.19. The van der Waals surface area contributed by atoms with Crippen LogP contribution in [0.15, 0.2) is 59.5 Å². The van der Waals surface area contributed by atoms with Crippen molar-refractivity contribution >= 4 is 9.84 Å². The van der Waals surface area contributed by atoms with E-state index in [0.29, 0.717) is 11.3 Å². The van der Waals surface area contributed by atoms with Gasteiger partial charge in [-0.05, 0) is 43.1 Å². The molecule has 1 aliphatic rings. The van der Waals surface area contributed by atoms with Gasteiger partial charge in [-0.1, -0.05) is 42.5 Å². The Kier molecular flexibility index (Phi) is 3.83. The van der Waals surface area contributed by atoms with Crippen LogP contribution in [-0.2, 0) is 16.3 Å². The Morgan fingerprint density at radius 2 is 1.67 bits per heavy atom. The Morgan fingerprint density at radius 1 is 1.00 bits per heavy atom. The summed E-state index contributed by atoms with van der Waals surface area (Å²) < 4.78 is 25.9. The molecule has 110 valence electrons. The quantitative estimate of drug-likeness (QED) is 0.948. The van der Waals surface area contributed by atoms with E-state index in [4.69, 9.17) is 0 Å². The van der Waals surface area contributed by atoms with Crippen LogP contribution in [0, 0.1) is 0 Å². The number of sulfone groups is 1. The lowest BCUT2D eigenvalue weighted by atomic mass is 9.87. The Morgan fingerprint density at radius 3 is 2.38 bits per heavy atom. The zero-order valence-corrected chi connectivity index (χ0v) is 12.8. The van der Waals surface area contributed by atoms with E-state index in [2.05, 4.69) is 11.4 Å². The molecule has 0 fully saturated rings. The largest absolute Gasteiger partial charge is 0.312 e. The van der Waals surface area contributed by atoms with E-state index in [0.717, 1.165) is 12.0 Å². The van der Waals surface area contributed by atoms with Crippen molar-refractivity contribution in [3.63, 3.8) is 0 Å².